The molecular formula is C18H20FN3O3. The molecule has 0 bridgehead atoms. The number of benzene rings is 1. The number of hydrogen-bond acceptors (Lipinski definition) is 5. The fraction of sp³-hybridized carbons (Fsp3) is 0.333. The molecule has 3 rings (SSSR count). The minimum absolute atomic E-state index is 0.139. The third kappa shape index (κ3) is 4.45. The van der Waals surface area contributed by atoms with Gasteiger partial charge in [-0.1, -0.05) is 12.1 Å². The van der Waals surface area contributed by atoms with Crippen LogP contribution < -0.4 is 10.1 Å². The molecule has 2 aromatic rings. The average Bonchev–Trinajstić information content (AvgIpc) is 2.66. The highest BCUT2D eigenvalue weighted by atomic mass is 19.1. The molecule has 1 saturated heterocycles. The van der Waals surface area contributed by atoms with Crippen molar-refractivity contribution in [3.63, 3.8) is 0 Å². The predicted molar refractivity (Wildman–Crippen MR) is 91.0 cm³/mol. The SMILES string of the molecule is CNc1cccc(C2CN(C(=O)COc3cccc(F)c3)CCO2)n1. The van der Waals surface area contributed by atoms with Crippen LogP contribution in [0.2, 0.25) is 0 Å². The number of anilines is 1. The summed E-state index contributed by atoms with van der Waals surface area (Å²) in [6.45, 7) is 1.20. The lowest BCUT2D eigenvalue weighted by atomic mass is 10.2. The molecule has 1 aliphatic rings. The summed E-state index contributed by atoms with van der Waals surface area (Å²) < 4.78 is 24.3. The molecule has 1 aromatic carbocycles. The Bertz CT molecular complexity index is 741. The van der Waals surface area contributed by atoms with E-state index in [1.54, 1.807) is 24.1 Å². The summed E-state index contributed by atoms with van der Waals surface area (Å²) >= 11 is 0. The average molecular weight is 345 g/mol. The van der Waals surface area contributed by atoms with Gasteiger partial charge in [-0.2, -0.15) is 0 Å². The van der Waals surface area contributed by atoms with E-state index in [0.717, 1.165) is 11.5 Å². The van der Waals surface area contributed by atoms with Gasteiger partial charge in [-0.3, -0.25) is 4.79 Å². The highest BCUT2D eigenvalue weighted by molar-refractivity contribution is 5.78. The normalized spacial score (nSPS) is 17.2. The summed E-state index contributed by atoms with van der Waals surface area (Å²) in [6, 6.07) is 11.4. The first-order chi connectivity index (χ1) is 12.2. The second kappa shape index (κ2) is 7.94. The Morgan fingerprint density at radius 1 is 1.40 bits per heavy atom. The Labute approximate surface area is 145 Å². The number of nitrogens with one attached hydrogen (secondary N) is 1. The number of pyridine rings is 1. The molecule has 7 heteroatoms. The van der Waals surface area contributed by atoms with Crippen LogP contribution in [0.25, 0.3) is 0 Å². The van der Waals surface area contributed by atoms with E-state index in [1.807, 2.05) is 18.2 Å². The maximum atomic E-state index is 13.1. The fourth-order valence-corrected chi connectivity index (χ4v) is 2.62. The molecule has 132 valence electrons. The van der Waals surface area contributed by atoms with Crippen LogP contribution in [-0.2, 0) is 9.53 Å². The lowest BCUT2D eigenvalue weighted by Gasteiger charge is -2.32. The highest BCUT2D eigenvalue weighted by Crippen LogP contribution is 2.22. The van der Waals surface area contributed by atoms with Gasteiger partial charge in [0, 0.05) is 19.7 Å². The van der Waals surface area contributed by atoms with Crippen molar-refractivity contribution in [2.45, 2.75) is 6.10 Å². The second-order valence-electron chi connectivity index (χ2n) is 5.64. The second-order valence-corrected chi connectivity index (χ2v) is 5.64. The van der Waals surface area contributed by atoms with Crippen molar-refractivity contribution in [3.05, 3.63) is 54.0 Å². The van der Waals surface area contributed by atoms with Crippen molar-refractivity contribution in [2.24, 2.45) is 0 Å². The first kappa shape index (κ1) is 17.2. The minimum atomic E-state index is -0.396. The number of amides is 1. The van der Waals surface area contributed by atoms with E-state index >= 15 is 0 Å². The van der Waals surface area contributed by atoms with Crippen LogP contribution in [0.1, 0.15) is 11.8 Å². The number of carbonyl (C=O) groups excluding carboxylic acids is 1. The zero-order chi connectivity index (χ0) is 17.6. The summed E-state index contributed by atoms with van der Waals surface area (Å²) in [5, 5.41) is 2.99. The van der Waals surface area contributed by atoms with Gasteiger partial charge in [-0.25, -0.2) is 9.37 Å². The number of rotatable bonds is 5. The molecule has 1 amide bonds. The van der Waals surface area contributed by atoms with Crippen LogP contribution in [0.15, 0.2) is 42.5 Å². The van der Waals surface area contributed by atoms with Crippen LogP contribution in [0, 0.1) is 5.82 Å². The lowest BCUT2D eigenvalue weighted by molar-refractivity contribution is -0.141. The van der Waals surface area contributed by atoms with Crippen molar-refractivity contribution in [2.75, 3.05) is 38.7 Å². The van der Waals surface area contributed by atoms with Crippen LogP contribution in [0.5, 0.6) is 5.75 Å². The van der Waals surface area contributed by atoms with Gasteiger partial charge in [-0.15, -0.1) is 0 Å². The van der Waals surface area contributed by atoms with Crippen LogP contribution in [0.3, 0.4) is 0 Å². The number of nitrogens with zero attached hydrogens (tertiary/aromatic N) is 2. The molecule has 1 aromatic heterocycles. The van der Waals surface area contributed by atoms with Gasteiger partial charge in [0.05, 0.1) is 18.8 Å². The van der Waals surface area contributed by atoms with Gasteiger partial charge >= 0.3 is 0 Å². The first-order valence-corrected chi connectivity index (χ1v) is 8.08. The van der Waals surface area contributed by atoms with E-state index < -0.39 is 5.82 Å². The van der Waals surface area contributed by atoms with Crippen molar-refractivity contribution in [1.82, 2.24) is 9.88 Å². The smallest absolute Gasteiger partial charge is 0.260 e. The molecule has 0 spiro atoms. The van der Waals surface area contributed by atoms with E-state index in [1.165, 1.54) is 12.1 Å². The number of aromatic nitrogens is 1. The zero-order valence-electron chi connectivity index (χ0n) is 13.9. The number of carbonyl (C=O) groups is 1. The van der Waals surface area contributed by atoms with Gasteiger partial charge in [0.15, 0.2) is 6.61 Å². The van der Waals surface area contributed by atoms with E-state index in [4.69, 9.17) is 9.47 Å². The minimum Gasteiger partial charge on any atom is -0.484 e. The quantitative estimate of drug-likeness (QED) is 0.900. The molecular weight excluding hydrogens is 325 g/mol. The monoisotopic (exact) mass is 345 g/mol. The molecule has 1 atom stereocenters. The Morgan fingerprint density at radius 3 is 3.04 bits per heavy atom. The molecule has 1 unspecified atom stereocenters. The number of hydrogen-bond donors (Lipinski definition) is 1. The fourth-order valence-electron chi connectivity index (χ4n) is 2.62. The van der Waals surface area contributed by atoms with Crippen LogP contribution >= 0.6 is 0 Å². The third-order valence-corrected chi connectivity index (χ3v) is 3.93. The van der Waals surface area contributed by atoms with Crippen molar-refractivity contribution >= 4 is 11.7 Å². The Balaban J connectivity index is 1.59. The molecule has 1 aliphatic heterocycles. The largest absolute Gasteiger partial charge is 0.484 e. The zero-order valence-corrected chi connectivity index (χ0v) is 13.9. The van der Waals surface area contributed by atoms with E-state index in [2.05, 4.69) is 10.3 Å². The van der Waals surface area contributed by atoms with Gasteiger partial charge in [0.2, 0.25) is 0 Å². The van der Waals surface area contributed by atoms with E-state index in [-0.39, 0.29) is 18.6 Å². The maximum absolute atomic E-state index is 13.1. The first-order valence-electron chi connectivity index (χ1n) is 8.08. The van der Waals surface area contributed by atoms with Crippen LogP contribution in [0.4, 0.5) is 10.2 Å². The van der Waals surface area contributed by atoms with Crippen molar-refractivity contribution in [1.29, 1.82) is 0 Å². The molecule has 25 heavy (non-hydrogen) atoms. The molecule has 6 nitrogen and oxygen atoms in total. The number of morpholine rings is 1. The molecule has 1 fully saturated rings. The van der Waals surface area contributed by atoms with Gasteiger partial charge < -0.3 is 19.7 Å². The van der Waals surface area contributed by atoms with Crippen LogP contribution in [-0.4, -0.2) is 49.1 Å². The van der Waals surface area contributed by atoms with E-state index in [9.17, 15) is 9.18 Å². The lowest BCUT2D eigenvalue weighted by Crippen LogP contribution is -2.44. The number of halogens is 1. The Morgan fingerprint density at radius 2 is 2.24 bits per heavy atom. The van der Waals surface area contributed by atoms with Gasteiger partial charge in [0.25, 0.3) is 5.91 Å². The molecule has 2 heterocycles. The predicted octanol–water partition coefficient (Wildman–Crippen LogP) is 2.24. The van der Waals surface area contributed by atoms with Gasteiger partial charge in [-0.05, 0) is 24.3 Å². The molecule has 0 aliphatic carbocycles. The standard InChI is InChI=1S/C18H20FN3O3/c1-20-17-7-3-6-15(21-17)16-11-22(8-9-24-16)18(23)12-25-14-5-2-4-13(19)10-14/h2-7,10,16H,8-9,11-12H2,1H3,(H,20,21). The van der Waals surface area contributed by atoms with E-state index in [0.29, 0.717) is 25.4 Å². The summed E-state index contributed by atoms with van der Waals surface area (Å²) in [6.07, 6.45) is -0.278. The summed E-state index contributed by atoms with van der Waals surface area (Å²) in [5.74, 6) is 0.523. The van der Waals surface area contributed by atoms with Gasteiger partial charge in [0.1, 0.15) is 23.5 Å². The Hall–Kier alpha value is -2.67. The van der Waals surface area contributed by atoms with Crippen molar-refractivity contribution < 1.29 is 18.7 Å². The third-order valence-electron chi connectivity index (χ3n) is 3.93. The molecule has 0 radical (unpaired) electrons. The summed E-state index contributed by atoms with van der Waals surface area (Å²) in [7, 11) is 1.80. The Kier molecular flexibility index (Phi) is 5.45. The number of ether oxygens (including phenoxy) is 2. The molecule has 1 N–H and O–H groups in total. The topological polar surface area (TPSA) is 63.7 Å². The summed E-state index contributed by atoms with van der Waals surface area (Å²) in [5.41, 5.74) is 0.774. The maximum Gasteiger partial charge on any atom is 0.260 e. The summed E-state index contributed by atoms with van der Waals surface area (Å²) in [4.78, 5) is 18.5. The molecule has 0 saturated carbocycles. The highest BCUT2D eigenvalue weighted by Gasteiger charge is 2.26. The van der Waals surface area contributed by atoms with Crippen molar-refractivity contribution in [3.8, 4) is 5.75 Å².